The number of thiazole rings is 1. The van der Waals surface area contributed by atoms with Crippen molar-refractivity contribution < 1.29 is 14.3 Å². The first-order valence-electron chi connectivity index (χ1n) is 5.35. The van der Waals surface area contributed by atoms with Gasteiger partial charge in [0.25, 0.3) is 0 Å². The number of nitrogens with one attached hydrogen (secondary N) is 1. The molecule has 0 bridgehead atoms. The van der Waals surface area contributed by atoms with Gasteiger partial charge in [0, 0.05) is 5.38 Å². The van der Waals surface area contributed by atoms with Crippen molar-refractivity contribution in [2.24, 2.45) is 0 Å². The van der Waals surface area contributed by atoms with Crippen LogP contribution in [0.15, 0.2) is 9.98 Å². The number of ether oxygens (including phenoxy) is 1. The molecule has 0 saturated heterocycles. The second-order valence-corrected chi connectivity index (χ2v) is 6.39. The molecule has 1 rings (SSSR count). The minimum Gasteiger partial charge on any atom is -0.444 e. The van der Waals surface area contributed by atoms with Crippen LogP contribution in [0.25, 0.3) is 0 Å². The molecular weight excluding hydrogens is 320 g/mol. The maximum atomic E-state index is 11.6. The summed E-state index contributed by atoms with van der Waals surface area (Å²) in [4.78, 5) is 27.0. The highest BCUT2D eigenvalue weighted by Crippen LogP contribution is 2.15. The molecule has 100 valence electrons. The lowest BCUT2D eigenvalue weighted by molar-refractivity contribution is -0.117. The second-order valence-electron chi connectivity index (χ2n) is 4.63. The number of carbonyl (C=O) groups is 2. The smallest absolute Gasteiger partial charge is 0.408 e. The molecule has 0 unspecified atom stereocenters. The Hall–Kier alpha value is -0.950. The van der Waals surface area contributed by atoms with Crippen LogP contribution in [0.3, 0.4) is 0 Å². The zero-order valence-electron chi connectivity index (χ0n) is 10.4. The van der Waals surface area contributed by atoms with E-state index in [9.17, 15) is 9.59 Å². The quantitative estimate of drug-likeness (QED) is 0.918. The van der Waals surface area contributed by atoms with E-state index in [1.807, 2.05) is 5.38 Å². The summed E-state index contributed by atoms with van der Waals surface area (Å²) < 4.78 is 5.74. The fourth-order valence-corrected chi connectivity index (χ4v) is 2.38. The lowest BCUT2D eigenvalue weighted by Gasteiger charge is -2.19. The van der Waals surface area contributed by atoms with Crippen LogP contribution >= 0.6 is 27.3 Å². The third-order valence-electron chi connectivity index (χ3n) is 1.70. The first kappa shape index (κ1) is 15.1. The molecule has 0 aliphatic rings. The van der Waals surface area contributed by atoms with Crippen LogP contribution in [-0.4, -0.2) is 29.0 Å². The molecule has 0 radical (unpaired) electrons. The second kappa shape index (κ2) is 6.29. The van der Waals surface area contributed by atoms with E-state index in [2.05, 4.69) is 26.2 Å². The van der Waals surface area contributed by atoms with Gasteiger partial charge in [-0.25, -0.2) is 9.78 Å². The highest BCUT2D eigenvalue weighted by atomic mass is 79.9. The van der Waals surface area contributed by atoms with E-state index in [-0.39, 0.29) is 18.7 Å². The number of aromatic nitrogens is 1. The van der Waals surface area contributed by atoms with Crippen LogP contribution in [0.5, 0.6) is 0 Å². The summed E-state index contributed by atoms with van der Waals surface area (Å²) >= 11 is 4.61. The zero-order chi connectivity index (χ0) is 13.8. The van der Waals surface area contributed by atoms with Gasteiger partial charge in [-0.1, -0.05) is 0 Å². The summed E-state index contributed by atoms with van der Waals surface area (Å²) in [5, 5.41) is 4.95. The average Bonchev–Trinajstić information content (AvgIpc) is 2.58. The van der Waals surface area contributed by atoms with Gasteiger partial charge in [0.15, 0.2) is 5.78 Å². The topological polar surface area (TPSA) is 68.3 Å². The van der Waals surface area contributed by atoms with Crippen molar-refractivity contribution in [3.63, 3.8) is 0 Å². The van der Waals surface area contributed by atoms with Crippen molar-refractivity contribution >= 4 is 39.1 Å². The van der Waals surface area contributed by atoms with Gasteiger partial charge in [-0.2, -0.15) is 0 Å². The number of carbonyl (C=O) groups excluding carboxylic acids is 2. The highest BCUT2D eigenvalue weighted by Gasteiger charge is 2.16. The zero-order valence-corrected chi connectivity index (χ0v) is 12.9. The van der Waals surface area contributed by atoms with Gasteiger partial charge in [-0.3, -0.25) is 4.79 Å². The largest absolute Gasteiger partial charge is 0.444 e. The molecule has 1 amide bonds. The Labute approximate surface area is 118 Å². The first-order chi connectivity index (χ1) is 8.26. The van der Waals surface area contributed by atoms with Crippen molar-refractivity contribution in [3.05, 3.63) is 15.0 Å². The highest BCUT2D eigenvalue weighted by molar-refractivity contribution is 9.10. The lowest BCUT2D eigenvalue weighted by atomic mass is 10.2. The normalized spacial score (nSPS) is 11.1. The molecule has 0 fully saturated rings. The molecule has 0 atom stereocenters. The minimum absolute atomic E-state index is 0.0495. The monoisotopic (exact) mass is 334 g/mol. The van der Waals surface area contributed by atoms with Gasteiger partial charge in [-0.15, -0.1) is 11.3 Å². The molecule has 0 aromatic carbocycles. The van der Waals surface area contributed by atoms with Crippen LogP contribution in [0.2, 0.25) is 0 Å². The van der Waals surface area contributed by atoms with Crippen LogP contribution in [-0.2, 0) is 16.0 Å². The Kier molecular flexibility index (Phi) is 5.28. The molecule has 0 aliphatic carbocycles. The number of Topliss-reactive ketones (excluding diaryl/α,β-unsaturated/α-hetero) is 1. The van der Waals surface area contributed by atoms with Gasteiger partial charge in [0.05, 0.1) is 13.0 Å². The molecule has 1 aromatic heterocycles. The maximum absolute atomic E-state index is 11.6. The Bertz CT molecular complexity index is 440. The van der Waals surface area contributed by atoms with Crippen LogP contribution in [0.4, 0.5) is 4.79 Å². The maximum Gasteiger partial charge on any atom is 0.408 e. The van der Waals surface area contributed by atoms with E-state index in [4.69, 9.17) is 4.74 Å². The summed E-state index contributed by atoms with van der Waals surface area (Å²) in [5.41, 5.74) is -0.562. The fraction of sp³-hybridized carbons (Fsp3) is 0.545. The molecule has 1 N–H and O–H groups in total. The number of halogens is 1. The number of hydrogen-bond acceptors (Lipinski definition) is 5. The van der Waals surface area contributed by atoms with Crippen molar-refractivity contribution in [1.82, 2.24) is 10.3 Å². The van der Waals surface area contributed by atoms with Crippen molar-refractivity contribution in [3.8, 4) is 0 Å². The third kappa shape index (κ3) is 6.11. The molecule has 1 aromatic rings. The van der Waals surface area contributed by atoms with Crippen LogP contribution < -0.4 is 5.32 Å². The summed E-state index contributed by atoms with van der Waals surface area (Å²) in [6.07, 6.45) is -0.373. The Morgan fingerprint density at radius 2 is 2.17 bits per heavy atom. The standard InChI is InChI=1S/C11H15BrN2O3S/c1-11(2,3)17-10(16)13-5-7(15)4-9-14-8(12)6-18-9/h6H,4-5H2,1-3H3,(H,13,16). The molecule has 0 spiro atoms. The number of nitrogens with zero attached hydrogens (tertiary/aromatic N) is 1. The first-order valence-corrected chi connectivity index (χ1v) is 7.02. The van der Waals surface area contributed by atoms with E-state index in [0.29, 0.717) is 0 Å². The molecule has 0 saturated carbocycles. The molecule has 1 heterocycles. The fourth-order valence-electron chi connectivity index (χ4n) is 1.09. The van der Waals surface area contributed by atoms with E-state index in [1.54, 1.807) is 20.8 Å². The van der Waals surface area contributed by atoms with E-state index in [1.165, 1.54) is 11.3 Å². The summed E-state index contributed by atoms with van der Waals surface area (Å²) in [6, 6.07) is 0. The summed E-state index contributed by atoms with van der Waals surface area (Å²) in [6.45, 7) is 5.25. The predicted octanol–water partition coefficient (Wildman–Crippen LogP) is 2.54. The predicted molar refractivity (Wildman–Crippen MR) is 72.8 cm³/mol. The van der Waals surface area contributed by atoms with Gasteiger partial charge in [0.2, 0.25) is 0 Å². The van der Waals surface area contributed by atoms with Crippen LogP contribution in [0, 0.1) is 0 Å². The molecule has 18 heavy (non-hydrogen) atoms. The van der Waals surface area contributed by atoms with Gasteiger partial charge >= 0.3 is 6.09 Å². The number of hydrogen-bond donors (Lipinski definition) is 1. The van der Waals surface area contributed by atoms with E-state index in [0.717, 1.165) is 9.61 Å². The van der Waals surface area contributed by atoms with E-state index >= 15 is 0 Å². The van der Waals surface area contributed by atoms with Gasteiger partial charge in [0.1, 0.15) is 15.2 Å². The third-order valence-corrected chi connectivity index (χ3v) is 3.26. The Balaban J connectivity index is 2.31. The number of ketones is 1. The summed E-state index contributed by atoms with van der Waals surface area (Å²) in [5.74, 6) is -0.109. The number of rotatable bonds is 4. The molecule has 0 aliphatic heterocycles. The number of alkyl carbamates (subject to hydrolysis) is 1. The average molecular weight is 335 g/mol. The minimum atomic E-state index is -0.587. The Morgan fingerprint density at radius 1 is 1.50 bits per heavy atom. The van der Waals surface area contributed by atoms with Crippen LogP contribution in [0.1, 0.15) is 25.8 Å². The van der Waals surface area contributed by atoms with Crippen molar-refractivity contribution in [2.45, 2.75) is 32.8 Å². The number of amides is 1. The van der Waals surface area contributed by atoms with Gasteiger partial charge in [-0.05, 0) is 36.7 Å². The van der Waals surface area contributed by atoms with Crippen molar-refractivity contribution in [1.29, 1.82) is 0 Å². The molecular formula is C11H15BrN2O3S. The lowest BCUT2D eigenvalue weighted by Crippen LogP contribution is -2.35. The van der Waals surface area contributed by atoms with Gasteiger partial charge < -0.3 is 10.1 Å². The van der Waals surface area contributed by atoms with Crippen molar-refractivity contribution in [2.75, 3.05) is 6.54 Å². The molecule has 5 nitrogen and oxygen atoms in total. The Morgan fingerprint density at radius 3 is 2.67 bits per heavy atom. The SMILES string of the molecule is CC(C)(C)OC(=O)NCC(=O)Cc1nc(Br)cs1. The van der Waals surface area contributed by atoms with E-state index < -0.39 is 11.7 Å². The summed E-state index contributed by atoms with van der Waals surface area (Å²) in [7, 11) is 0. The molecule has 7 heteroatoms.